The molecule has 0 radical (unpaired) electrons. The molecule has 1 rings (SSSR count). The quantitative estimate of drug-likeness (QED) is 0.697. The van der Waals surface area contributed by atoms with Crippen LogP contribution in [0.1, 0.15) is 32.6 Å². The summed E-state index contributed by atoms with van der Waals surface area (Å²) in [6.45, 7) is 3.66. The average molecular weight is 198 g/mol. The van der Waals surface area contributed by atoms with Gasteiger partial charge in [0.05, 0.1) is 0 Å². The van der Waals surface area contributed by atoms with E-state index in [-0.39, 0.29) is 5.91 Å². The van der Waals surface area contributed by atoms with Gasteiger partial charge in [-0.05, 0) is 31.2 Å². The highest BCUT2D eigenvalue weighted by molar-refractivity contribution is 5.76. The van der Waals surface area contributed by atoms with Crippen LogP contribution >= 0.6 is 0 Å². The van der Waals surface area contributed by atoms with E-state index in [0.29, 0.717) is 18.9 Å². The van der Waals surface area contributed by atoms with E-state index in [1.807, 2.05) is 11.9 Å². The monoisotopic (exact) mass is 198 g/mol. The Labute approximate surface area is 86.6 Å². The normalized spacial score (nSPS) is 17.9. The molecular weight excluding hydrogens is 176 g/mol. The van der Waals surface area contributed by atoms with Gasteiger partial charge in [0.2, 0.25) is 5.91 Å². The van der Waals surface area contributed by atoms with Gasteiger partial charge in [0.15, 0.2) is 0 Å². The molecule has 3 heteroatoms. The van der Waals surface area contributed by atoms with Crippen molar-refractivity contribution in [3.8, 4) is 0 Å². The molecule has 1 aliphatic rings. The van der Waals surface area contributed by atoms with E-state index in [2.05, 4.69) is 6.92 Å². The third-order valence-corrected chi connectivity index (χ3v) is 3.03. The molecule has 1 saturated carbocycles. The van der Waals surface area contributed by atoms with Gasteiger partial charge < -0.3 is 10.6 Å². The molecule has 2 N–H and O–H groups in total. The molecule has 0 saturated heterocycles. The SMILES string of the molecule is CCC(CN)CC(=O)N(C)CC1CC1. The minimum absolute atomic E-state index is 0.259. The van der Waals surface area contributed by atoms with Gasteiger partial charge in [0.25, 0.3) is 0 Å². The standard InChI is InChI=1S/C11H22N2O/c1-3-9(7-12)6-11(14)13(2)8-10-4-5-10/h9-10H,3-8,12H2,1-2H3. The molecule has 0 aliphatic heterocycles. The summed E-state index contributed by atoms with van der Waals surface area (Å²) in [5.41, 5.74) is 5.57. The van der Waals surface area contributed by atoms with Crippen molar-refractivity contribution >= 4 is 5.91 Å². The van der Waals surface area contributed by atoms with Crippen molar-refractivity contribution in [2.24, 2.45) is 17.6 Å². The van der Waals surface area contributed by atoms with Crippen LogP contribution in [0.15, 0.2) is 0 Å². The first-order valence-electron chi connectivity index (χ1n) is 5.61. The van der Waals surface area contributed by atoms with Crippen molar-refractivity contribution in [1.29, 1.82) is 0 Å². The fourth-order valence-electron chi connectivity index (χ4n) is 1.59. The highest BCUT2D eigenvalue weighted by atomic mass is 16.2. The number of nitrogens with two attached hydrogens (primary N) is 1. The predicted octanol–water partition coefficient (Wildman–Crippen LogP) is 1.23. The van der Waals surface area contributed by atoms with E-state index in [4.69, 9.17) is 5.73 Å². The summed E-state index contributed by atoms with van der Waals surface area (Å²) < 4.78 is 0. The van der Waals surface area contributed by atoms with E-state index < -0.39 is 0 Å². The molecule has 1 atom stereocenters. The summed E-state index contributed by atoms with van der Waals surface area (Å²) in [6.07, 6.45) is 4.22. The first-order valence-corrected chi connectivity index (χ1v) is 5.61. The van der Waals surface area contributed by atoms with Crippen molar-refractivity contribution in [3.63, 3.8) is 0 Å². The number of hydrogen-bond acceptors (Lipinski definition) is 2. The van der Waals surface area contributed by atoms with Gasteiger partial charge >= 0.3 is 0 Å². The topological polar surface area (TPSA) is 46.3 Å². The second-order valence-corrected chi connectivity index (χ2v) is 4.43. The summed E-state index contributed by atoms with van der Waals surface area (Å²) in [5, 5.41) is 0. The zero-order valence-corrected chi connectivity index (χ0v) is 9.33. The molecule has 0 aromatic rings. The third kappa shape index (κ3) is 3.66. The maximum absolute atomic E-state index is 11.7. The van der Waals surface area contributed by atoms with E-state index in [1.165, 1.54) is 12.8 Å². The molecule has 1 amide bonds. The number of carbonyl (C=O) groups excluding carboxylic acids is 1. The summed E-state index contributed by atoms with van der Waals surface area (Å²) in [6, 6.07) is 0. The van der Waals surface area contributed by atoms with Crippen molar-refractivity contribution in [2.75, 3.05) is 20.1 Å². The highest BCUT2D eigenvalue weighted by Gasteiger charge is 2.25. The van der Waals surface area contributed by atoms with E-state index in [0.717, 1.165) is 18.9 Å². The molecule has 0 heterocycles. The summed E-state index contributed by atoms with van der Waals surface area (Å²) in [5.74, 6) is 1.40. The minimum Gasteiger partial charge on any atom is -0.345 e. The molecule has 1 unspecified atom stereocenters. The number of nitrogens with zero attached hydrogens (tertiary/aromatic N) is 1. The summed E-state index contributed by atoms with van der Waals surface area (Å²) >= 11 is 0. The fourth-order valence-corrected chi connectivity index (χ4v) is 1.59. The maximum atomic E-state index is 11.7. The fraction of sp³-hybridized carbons (Fsp3) is 0.909. The molecule has 82 valence electrons. The Morgan fingerprint density at radius 1 is 1.57 bits per heavy atom. The lowest BCUT2D eigenvalue weighted by molar-refractivity contribution is -0.131. The van der Waals surface area contributed by atoms with Crippen LogP contribution in [0.3, 0.4) is 0 Å². The van der Waals surface area contributed by atoms with E-state index in [9.17, 15) is 4.79 Å². The van der Waals surface area contributed by atoms with Crippen LogP contribution in [0, 0.1) is 11.8 Å². The lowest BCUT2D eigenvalue weighted by Gasteiger charge is -2.19. The molecule has 3 nitrogen and oxygen atoms in total. The van der Waals surface area contributed by atoms with Crippen LogP contribution in [0.4, 0.5) is 0 Å². The number of amides is 1. The van der Waals surface area contributed by atoms with Crippen molar-refractivity contribution < 1.29 is 4.79 Å². The predicted molar refractivity (Wildman–Crippen MR) is 57.8 cm³/mol. The van der Waals surface area contributed by atoms with Crippen LogP contribution in [0.2, 0.25) is 0 Å². The molecular formula is C11H22N2O. The molecule has 0 bridgehead atoms. The molecule has 1 aliphatic carbocycles. The summed E-state index contributed by atoms with van der Waals surface area (Å²) in [4.78, 5) is 13.6. The zero-order chi connectivity index (χ0) is 10.6. The molecule has 0 spiro atoms. The second-order valence-electron chi connectivity index (χ2n) is 4.43. The van der Waals surface area contributed by atoms with Crippen molar-refractivity contribution in [1.82, 2.24) is 4.90 Å². The Hall–Kier alpha value is -0.570. The Balaban J connectivity index is 2.23. The maximum Gasteiger partial charge on any atom is 0.222 e. The highest BCUT2D eigenvalue weighted by Crippen LogP contribution is 2.29. The third-order valence-electron chi connectivity index (χ3n) is 3.03. The second kappa shape index (κ2) is 5.35. The van der Waals surface area contributed by atoms with Gasteiger partial charge in [-0.1, -0.05) is 13.3 Å². The minimum atomic E-state index is 0.259. The first kappa shape index (κ1) is 11.5. The van der Waals surface area contributed by atoms with Gasteiger partial charge in [0, 0.05) is 20.0 Å². The van der Waals surface area contributed by atoms with Crippen molar-refractivity contribution in [2.45, 2.75) is 32.6 Å². The molecule has 14 heavy (non-hydrogen) atoms. The van der Waals surface area contributed by atoms with Crippen LogP contribution in [-0.2, 0) is 4.79 Å². The van der Waals surface area contributed by atoms with Gasteiger partial charge in [-0.25, -0.2) is 0 Å². The van der Waals surface area contributed by atoms with Gasteiger partial charge in [-0.15, -0.1) is 0 Å². The lowest BCUT2D eigenvalue weighted by Crippen LogP contribution is -2.31. The molecule has 0 aromatic carbocycles. The van der Waals surface area contributed by atoms with Gasteiger partial charge in [-0.3, -0.25) is 4.79 Å². The van der Waals surface area contributed by atoms with Crippen LogP contribution in [-0.4, -0.2) is 30.9 Å². The van der Waals surface area contributed by atoms with E-state index in [1.54, 1.807) is 0 Å². The number of hydrogen-bond donors (Lipinski definition) is 1. The van der Waals surface area contributed by atoms with Gasteiger partial charge in [0.1, 0.15) is 0 Å². The van der Waals surface area contributed by atoms with Gasteiger partial charge in [-0.2, -0.15) is 0 Å². The number of rotatable bonds is 6. The Morgan fingerprint density at radius 2 is 2.21 bits per heavy atom. The van der Waals surface area contributed by atoms with Crippen LogP contribution in [0.5, 0.6) is 0 Å². The Kier molecular flexibility index (Phi) is 4.39. The van der Waals surface area contributed by atoms with Crippen LogP contribution < -0.4 is 5.73 Å². The zero-order valence-electron chi connectivity index (χ0n) is 9.33. The number of carbonyl (C=O) groups is 1. The molecule has 1 fully saturated rings. The smallest absolute Gasteiger partial charge is 0.222 e. The molecule has 0 aromatic heterocycles. The first-order chi connectivity index (χ1) is 6.67. The average Bonchev–Trinajstić information content (AvgIpc) is 2.97. The summed E-state index contributed by atoms with van der Waals surface area (Å²) in [7, 11) is 1.91. The largest absolute Gasteiger partial charge is 0.345 e. The Morgan fingerprint density at radius 3 is 2.64 bits per heavy atom. The van der Waals surface area contributed by atoms with E-state index >= 15 is 0 Å². The van der Waals surface area contributed by atoms with Crippen molar-refractivity contribution in [3.05, 3.63) is 0 Å². The van der Waals surface area contributed by atoms with Crippen LogP contribution in [0.25, 0.3) is 0 Å². The lowest BCUT2D eigenvalue weighted by atomic mass is 10.0. The Bertz CT molecular complexity index is 186.